The zero-order chi connectivity index (χ0) is 20.2. The number of likely N-dealkylation sites (tertiary alicyclic amines) is 1. The van der Waals surface area contributed by atoms with Crippen LogP contribution in [0.2, 0.25) is 5.02 Å². The second-order valence-electron chi connectivity index (χ2n) is 6.89. The van der Waals surface area contributed by atoms with Crippen LogP contribution in [0.5, 0.6) is 11.5 Å². The van der Waals surface area contributed by atoms with Gasteiger partial charge in [0.2, 0.25) is 0 Å². The van der Waals surface area contributed by atoms with Gasteiger partial charge in [-0.25, -0.2) is 14.4 Å². The summed E-state index contributed by atoms with van der Waals surface area (Å²) in [7, 11) is 1.61. The smallest absolute Gasteiger partial charge is 0.162 e. The molecule has 1 aliphatic heterocycles. The van der Waals surface area contributed by atoms with Gasteiger partial charge in [-0.2, -0.15) is 0 Å². The first-order chi connectivity index (χ1) is 14.1. The van der Waals surface area contributed by atoms with Crippen molar-refractivity contribution in [2.24, 2.45) is 0 Å². The summed E-state index contributed by atoms with van der Waals surface area (Å²) >= 11 is 5.89. The molecule has 0 atom stereocenters. The van der Waals surface area contributed by atoms with Crippen molar-refractivity contribution in [1.82, 2.24) is 14.9 Å². The lowest BCUT2D eigenvalue weighted by molar-refractivity contribution is 0.230. The van der Waals surface area contributed by atoms with Gasteiger partial charge in [0.05, 0.1) is 17.6 Å². The van der Waals surface area contributed by atoms with Crippen molar-refractivity contribution in [3.63, 3.8) is 0 Å². The molecule has 8 heteroatoms. The second-order valence-corrected chi connectivity index (χ2v) is 7.30. The van der Waals surface area contributed by atoms with Crippen LogP contribution >= 0.6 is 11.6 Å². The van der Waals surface area contributed by atoms with Crippen LogP contribution in [-0.2, 0) is 0 Å². The molecule has 0 aliphatic carbocycles. The van der Waals surface area contributed by atoms with Gasteiger partial charge in [-0.05, 0) is 50.2 Å². The third-order valence-corrected chi connectivity index (χ3v) is 5.26. The molecule has 3 aromatic rings. The van der Waals surface area contributed by atoms with E-state index < -0.39 is 5.82 Å². The maximum Gasteiger partial charge on any atom is 0.162 e. The first-order valence-corrected chi connectivity index (χ1v) is 9.92. The van der Waals surface area contributed by atoms with Crippen LogP contribution in [0.1, 0.15) is 12.8 Å². The fourth-order valence-electron chi connectivity index (χ4n) is 3.44. The normalized spacial score (nSPS) is 14.3. The summed E-state index contributed by atoms with van der Waals surface area (Å²) in [4.78, 5) is 11.0. The average Bonchev–Trinajstić information content (AvgIpc) is 3.24. The van der Waals surface area contributed by atoms with Gasteiger partial charge in [-0.3, -0.25) is 4.90 Å². The van der Waals surface area contributed by atoms with Crippen LogP contribution in [0.15, 0.2) is 36.7 Å². The van der Waals surface area contributed by atoms with Crippen LogP contribution in [0, 0.1) is 5.82 Å². The zero-order valence-electron chi connectivity index (χ0n) is 16.1. The van der Waals surface area contributed by atoms with Gasteiger partial charge in [-0.1, -0.05) is 11.6 Å². The lowest BCUT2D eigenvalue weighted by Gasteiger charge is -2.17. The Hall–Kier alpha value is -2.64. The molecule has 4 rings (SSSR count). The number of nitrogens with zero attached hydrogens (tertiary/aromatic N) is 3. The molecule has 0 saturated carbocycles. The third kappa shape index (κ3) is 4.52. The van der Waals surface area contributed by atoms with Crippen LogP contribution < -0.4 is 14.8 Å². The van der Waals surface area contributed by atoms with E-state index in [2.05, 4.69) is 20.2 Å². The molecule has 152 valence electrons. The number of aromatic nitrogens is 2. The number of halogens is 2. The monoisotopic (exact) mass is 416 g/mol. The molecule has 29 heavy (non-hydrogen) atoms. The first kappa shape index (κ1) is 19.7. The Morgan fingerprint density at radius 2 is 1.97 bits per heavy atom. The third-order valence-electron chi connectivity index (χ3n) is 4.97. The lowest BCUT2D eigenvalue weighted by atomic mass is 10.2. The fourth-order valence-corrected chi connectivity index (χ4v) is 3.62. The van der Waals surface area contributed by atoms with Gasteiger partial charge in [0.25, 0.3) is 0 Å². The van der Waals surface area contributed by atoms with Gasteiger partial charge in [0.1, 0.15) is 24.6 Å². The van der Waals surface area contributed by atoms with Crippen molar-refractivity contribution in [3.8, 4) is 11.5 Å². The van der Waals surface area contributed by atoms with E-state index in [0.717, 1.165) is 25.0 Å². The molecule has 0 amide bonds. The van der Waals surface area contributed by atoms with Crippen LogP contribution in [-0.4, -0.2) is 48.2 Å². The Bertz CT molecular complexity index is 1010. The minimum Gasteiger partial charge on any atom is -0.493 e. The van der Waals surface area contributed by atoms with Gasteiger partial charge < -0.3 is 14.8 Å². The highest BCUT2D eigenvalue weighted by molar-refractivity contribution is 6.31. The molecular formula is C21H22ClFN4O2. The molecule has 1 aliphatic rings. The van der Waals surface area contributed by atoms with E-state index in [9.17, 15) is 4.39 Å². The molecule has 0 unspecified atom stereocenters. The van der Waals surface area contributed by atoms with Crippen molar-refractivity contribution in [2.45, 2.75) is 12.8 Å². The Morgan fingerprint density at radius 3 is 2.72 bits per heavy atom. The molecular weight excluding hydrogens is 395 g/mol. The van der Waals surface area contributed by atoms with Crippen LogP contribution in [0.4, 0.5) is 15.9 Å². The van der Waals surface area contributed by atoms with Gasteiger partial charge >= 0.3 is 0 Å². The van der Waals surface area contributed by atoms with Crippen molar-refractivity contribution < 1.29 is 13.9 Å². The number of ether oxygens (including phenoxy) is 2. The topological polar surface area (TPSA) is 59.5 Å². The summed E-state index contributed by atoms with van der Waals surface area (Å²) in [6, 6.07) is 8.12. The molecule has 0 radical (unpaired) electrons. The second kappa shape index (κ2) is 8.80. The number of benzene rings is 2. The van der Waals surface area contributed by atoms with Gasteiger partial charge in [0, 0.05) is 23.7 Å². The van der Waals surface area contributed by atoms with Crippen LogP contribution in [0.25, 0.3) is 10.9 Å². The molecule has 6 nitrogen and oxygen atoms in total. The molecule has 1 fully saturated rings. The average molecular weight is 417 g/mol. The summed E-state index contributed by atoms with van der Waals surface area (Å²) in [6.45, 7) is 3.71. The SMILES string of the molecule is COc1cc2ncnc(Nc3ccc(F)c(Cl)c3)c2cc1OCCN1CCCC1. The number of anilines is 2. The van der Waals surface area contributed by atoms with Crippen molar-refractivity contribution in [2.75, 3.05) is 38.7 Å². The lowest BCUT2D eigenvalue weighted by Crippen LogP contribution is -2.25. The summed E-state index contributed by atoms with van der Waals surface area (Å²) in [5, 5.41) is 3.98. The summed E-state index contributed by atoms with van der Waals surface area (Å²) < 4.78 is 24.9. The van der Waals surface area contributed by atoms with E-state index in [4.69, 9.17) is 21.1 Å². The Balaban J connectivity index is 1.60. The van der Waals surface area contributed by atoms with E-state index in [1.165, 1.54) is 31.3 Å². The van der Waals surface area contributed by atoms with E-state index in [1.54, 1.807) is 13.2 Å². The number of hydrogen-bond acceptors (Lipinski definition) is 6. The molecule has 1 N–H and O–H groups in total. The summed E-state index contributed by atoms with van der Waals surface area (Å²) in [5.74, 6) is 1.36. The summed E-state index contributed by atoms with van der Waals surface area (Å²) in [5.41, 5.74) is 1.34. The minimum absolute atomic E-state index is 0.0426. The summed E-state index contributed by atoms with van der Waals surface area (Å²) in [6.07, 6.45) is 3.96. The molecule has 0 spiro atoms. The first-order valence-electron chi connectivity index (χ1n) is 9.54. The quantitative estimate of drug-likeness (QED) is 0.605. The maximum atomic E-state index is 13.4. The Kier molecular flexibility index (Phi) is 5.97. The van der Waals surface area contributed by atoms with Gasteiger partial charge in [0.15, 0.2) is 11.5 Å². The highest BCUT2D eigenvalue weighted by atomic mass is 35.5. The van der Waals surface area contributed by atoms with Crippen LogP contribution in [0.3, 0.4) is 0 Å². The van der Waals surface area contributed by atoms with E-state index >= 15 is 0 Å². The number of fused-ring (bicyclic) bond motifs is 1. The highest BCUT2D eigenvalue weighted by Crippen LogP contribution is 2.35. The van der Waals surface area contributed by atoms with E-state index in [1.807, 2.05) is 12.1 Å². The maximum absolute atomic E-state index is 13.4. The van der Waals surface area contributed by atoms with Gasteiger partial charge in [-0.15, -0.1) is 0 Å². The highest BCUT2D eigenvalue weighted by Gasteiger charge is 2.14. The largest absolute Gasteiger partial charge is 0.493 e. The predicted molar refractivity (Wildman–Crippen MR) is 112 cm³/mol. The zero-order valence-corrected chi connectivity index (χ0v) is 16.9. The molecule has 1 aromatic heterocycles. The van der Waals surface area contributed by atoms with Crippen molar-refractivity contribution in [1.29, 1.82) is 0 Å². The number of nitrogens with one attached hydrogen (secondary N) is 1. The van der Waals surface area contributed by atoms with E-state index in [0.29, 0.717) is 35.1 Å². The minimum atomic E-state index is -0.469. The van der Waals surface area contributed by atoms with Crippen molar-refractivity contribution >= 4 is 34.0 Å². The number of hydrogen-bond donors (Lipinski definition) is 1. The molecule has 2 aromatic carbocycles. The molecule has 2 heterocycles. The Labute approximate surface area is 173 Å². The van der Waals surface area contributed by atoms with Crippen molar-refractivity contribution in [3.05, 3.63) is 47.5 Å². The number of methoxy groups -OCH3 is 1. The number of rotatable bonds is 7. The van der Waals surface area contributed by atoms with E-state index in [-0.39, 0.29) is 5.02 Å². The Morgan fingerprint density at radius 1 is 1.14 bits per heavy atom. The fraction of sp³-hybridized carbons (Fsp3) is 0.333. The molecule has 1 saturated heterocycles. The standard InChI is InChI=1S/C21H22ClFN4O2/c1-28-19-12-18-15(11-20(19)29-9-8-27-6-2-3-7-27)21(25-13-24-18)26-14-4-5-17(23)16(22)10-14/h4-5,10-13H,2-3,6-9H2,1H3,(H,24,25,26). The predicted octanol–water partition coefficient (Wildman–Crippen LogP) is 4.65. The molecule has 0 bridgehead atoms.